The molecule has 5 heterocycles. The van der Waals surface area contributed by atoms with Crippen LogP contribution in [0.2, 0.25) is 0 Å². The zero-order valence-electron chi connectivity index (χ0n) is 32.9. The van der Waals surface area contributed by atoms with E-state index in [0.29, 0.717) is 0 Å². The van der Waals surface area contributed by atoms with Gasteiger partial charge in [0.25, 0.3) is 0 Å². The first-order chi connectivity index (χ1) is 30.3. The van der Waals surface area contributed by atoms with Gasteiger partial charge in [-0.25, -0.2) is 4.98 Å². The smallest absolute Gasteiger partial charge is 0.0977 e. The Hall–Kier alpha value is -8.21. The van der Waals surface area contributed by atoms with Crippen molar-refractivity contribution in [2.75, 3.05) is 0 Å². The van der Waals surface area contributed by atoms with Gasteiger partial charge in [0.05, 0.1) is 49.7 Å². The highest BCUT2D eigenvalue weighted by molar-refractivity contribution is 6.26. The zero-order chi connectivity index (χ0) is 39.8. The molecule has 0 unspecified atom stereocenters. The lowest BCUT2D eigenvalue weighted by atomic mass is 9.99. The molecule has 4 nitrogen and oxygen atoms in total. The summed E-state index contributed by atoms with van der Waals surface area (Å²) in [6.45, 7) is 0. The van der Waals surface area contributed by atoms with E-state index in [1.807, 2.05) is 0 Å². The lowest BCUT2D eigenvalue weighted by Crippen LogP contribution is -1.94. The van der Waals surface area contributed by atoms with E-state index in [0.717, 1.165) is 27.6 Å². The van der Waals surface area contributed by atoms with Crippen LogP contribution >= 0.6 is 0 Å². The van der Waals surface area contributed by atoms with Gasteiger partial charge < -0.3 is 13.5 Å². The minimum absolute atomic E-state index is 1.01. The lowest BCUT2D eigenvalue weighted by Gasteiger charge is -2.11. The van der Waals surface area contributed by atoms with Crippen molar-refractivity contribution in [3.63, 3.8) is 0 Å². The maximum atomic E-state index is 5.33. The highest BCUT2D eigenvalue weighted by Crippen LogP contribution is 2.45. The van der Waals surface area contributed by atoms with Crippen molar-refractivity contribution in [3.8, 4) is 33.6 Å². The van der Waals surface area contributed by atoms with Crippen LogP contribution in [0.3, 0.4) is 0 Å². The van der Waals surface area contributed by atoms with Crippen LogP contribution in [0.1, 0.15) is 0 Å². The van der Waals surface area contributed by atoms with Crippen LogP contribution in [-0.2, 0) is 0 Å². The third kappa shape index (κ3) is 4.45. The van der Waals surface area contributed by atoms with E-state index in [9.17, 15) is 0 Å². The highest BCUT2D eigenvalue weighted by Gasteiger charge is 2.24. The number of pyridine rings is 1. The first-order valence-electron chi connectivity index (χ1n) is 21.0. The number of para-hydroxylation sites is 5. The molecule has 0 bridgehead atoms. The summed E-state index contributed by atoms with van der Waals surface area (Å²) in [5, 5.41) is 9.81. The van der Waals surface area contributed by atoms with Gasteiger partial charge in [0.15, 0.2) is 0 Å². The molecule has 0 N–H and O–H groups in total. The van der Waals surface area contributed by atoms with Crippen molar-refractivity contribution in [3.05, 3.63) is 206 Å². The summed E-state index contributed by atoms with van der Waals surface area (Å²) < 4.78 is 7.30. The minimum Gasteiger partial charge on any atom is -0.309 e. The van der Waals surface area contributed by atoms with Crippen LogP contribution in [-0.4, -0.2) is 18.5 Å². The van der Waals surface area contributed by atoms with Gasteiger partial charge in [0.1, 0.15) is 0 Å². The van der Waals surface area contributed by atoms with Gasteiger partial charge in [-0.15, -0.1) is 0 Å². The van der Waals surface area contributed by atoms with E-state index in [2.05, 4.69) is 220 Å². The predicted molar refractivity (Wildman–Crippen MR) is 256 cm³/mol. The molecule has 0 aliphatic rings. The number of fused-ring (bicyclic) bond motifs is 13. The Bertz CT molecular complexity index is 4090. The summed E-state index contributed by atoms with van der Waals surface area (Å²) in [7, 11) is 0. The van der Waals surface area contributed by atoms with Crippen LogP contribution < -0.4 is 0 Å². The number of rotatable bonds is 4. The van der Waals surface area contributed by atoms with E-state index < -0.39 is 0 Å². The summed E-state index contributed by atoms with van der Waals surface area (Å²) >= 11 is 0. The highest BCUT2D eigenvalue weighted by atomic mass is 15.0. The Morgan fingerprint density at radius 3 is 1.52 bits per heavy atom. The number of hydrogen-bond donors (Lipinski definition) is 0. The molecule has 0 saturated carbocycles. The van der Waals surface area contributed by atoms with Crippen molar-refractivity contribution in [1.29, 1.82) is 0 Å². The second kappa shape index (κ2) is 12.2. The molecule has 9 aromatic carbocycles. The summed E-state index contributed by atoms with van der Waals surface area (Å²) in [5.74, 6) is 0. The van der Waals surface area contributed by atoms with E-state index >= 15 is 0 Å². The van der Waals surface area contributed by atoms with Crippen LogP contribution in [0.25, 0.3) is 126 Å². The van der Waals surface area contributed by atoms with Crippen LogP contribution in [0, 0.1) is 0 Å². The van der Waals surface area contributed by atoms with Gasteiger partial charge in [-0.05, 0) is 89.5 Å². The minimum atomic E-state index is 1.01. The summed E-state index contributed by atoms with van der Waals surface area (Å²) in [5.41, 5.74) is 17.6. The predicted octanol–water partition coefficient (Wildman–Crippen LogP) is 14.9. The summed E-state index contributed by atoms with van der Waals surface area (Å²) in [6.07, 6.45) is 0. The van der Waals surface area contributed by atoms with E-state index in [1.54, 1.807) is 0 Å². The van der Waals surface area contributed by atoms with Gasteiger partial charge in [-0.2, -0.15) is 0 Å². The van der Waals surface area contributed by atoms with Gasteiger partial charge in [0.2, 0.25) is 0 Å². The Morgan fingerprint density at radius 2 is 0.820 bits per heavy atom. The number of nitrogens with zero attached hydrogens (tertiary/aromatic N) is 4. The fourth-order valence-electron chi connectivity index (χ4n) is 10.6. The molecule has 14 aromatic rings. The molecule has 0 fully saturated rings. The van der Waals surface area contributed by atoms with E-state index in [4.69, 9.17) is 4.98 Å². The van der Waals surface area contributed by atoms with Crippen molar-refractivity contribution in [2.45, 2.75) is 0 Å². The van der Waals surface area contributed by atoms with E-state index in [-0.39, 0.29) is 0 Å². The third-order valence-corrected chi connectivity index (χ3v) is 13.1. The summed E-state index contributed by atoms with van der Waals surface area (Å²) in [6, 6.07) is 75.3. The lowest BCUT2D eigenvalue weighted by molar-refractivity contribution is 1.18. The van der Waals surface area contributed by atoms with Crippen LogP contribution in [0.15, 0.2) is 206 Å². The van der Waals surface area contributed by atoms with Gasteiger partial charge in [-0.3, -0.25) is 0 Å². The zero-order valence-corrected chi connectivity index (χ0v) is 32.9. The fraction of sp³-hybridized carbons (Fsp3) is 0. The Labute approximate surface area is 349 Å². The number of aromatic nitrogens is 4. The van der Waals surface area contributed by atoms with Crippen molar-refractivity contribution in [1.82, 2.24) is 18.5 Å². The Balaban J connectivity index is 0.977. The number of hydrogen-bond acceptors (Lipinski definition) is 1. The first-order valence-corrected chi connectivity index (χ1v) is 21.0. The largest absolute Gasteiger partial charge is 0.309 e. The quantitative estimate of drug-likeness (QED) is 0.175. The van der Waals surface area contributed by atoms with Crippen LogP contribution in [0.4, 0.5) is 0 Å². The molecule has 0 amide bonds. The van der Waals surface area contributed by atoms with Crippen LogP contribution in [0.5, 0.6) is 0 Å². The fourth-order valence-corrected chi connectivity index (χ4v) is 10.6. The second-order valence-electron chi connectivity index (χ2n) is 16.3. The average molecular weight is 775 g/mol. The van der Waals surface area contributed by atoms with Gasteiger partial charge in [0, 0.05) is 60.0 Å². The first kappa shape index (κ1) is 32.7. The molecule has 4 heteroatoms. The van der Waals surface area contributed by atoms with Crippen molar-refractivity contribution >= 4 is 92.7 Å². The SMILES string of the molecule is c1ccc(-c2c3ccccc3nc3c4cccc5c6cc(-n7c8ccccc8c8cc(-c9ccc%10c(c9)c9ccccc9n%10-c9ccccc9)ccc87)ccc6n(c23)c54)cc1. The topological polar surface area (TPSA) is 27.2 Å². The third-order valence-electron chi connectivity index (χ3n) is 13.1. The molecule has 5 aromatic heterocycles. The van der Waals surface area contributed by atoms with Crippen molar-refractivity contribution < 1.29 is 0 Å². The molecule has 0 aliphatic carbocycles. The van der Waals surface area contributed by atoms with E-state index in [1.165, 1.54) is 98.7 Å². The monoisotopic (exact) mass is 774 g/mol. The molecule has 14 rings (SSSR count). The molecule has 0 saturated heterocycles. The Kier molecular flexibility index (Phi) is 6.52. The molecule has 282 valence electrons. The molecular formula is C57H34N4. The maximum Gasteiger partial charge on any atom is 0.0977 e. The van der Waals surface area contributed by atoms with Gasteiger partial charge >= 0.3 is 0 Å². The molecule has 61 heavy (non-hydrogen) atoms. The van der Waals surface area contributed by atoms with Crippen molar-refractivity contribution in [2.24, 2.45) is 0 Å². The standard InChI is InChI=1S/C57H34N4/c1-3-14-35(15-4-1)54-43-20-7-10-23-48(43)58-55-44-22-13-21-42-47-34-39(28-31-53(47)61(56(42)44)57(54)55)60-50-25-12-9-19-41(50)46-33-37(27-30-52(46)60)36-26-29-51-45(32-36)40-18-8-11-24-49(40)59(51)38-16-5-2-6-17-38/h1-34H. The Morgan fingerprint density at radius 1 is 0.295 bits per heavy atom. The molecule has 0 atom stereocenters. The normalized spacial score (nSPS) is 12.3. The average Bonchev–Trinajstić information content (AvgIpc) is 4.05. The maximum absolute atomic E-state index is 5.33. The summed E-state index contributed by atoms with van der Waals surface area (Å²) in [4.78, 5) is 5.33. The number of benzene rings is 9. The molecule has 0 spiro atoms. The molecular weight excluding hydrogens is 741 g/mol. The van der Waals surface area contributed by atoms with Gasteiger partial charge in [-0.1, -0.05) is 133 Å². The molecule has 0 aliphatic heterocycles. The second-order valence-corrected chi connectivity index (χ2v) is 16.3. The molecule has 0 radical (unpaired) electrons.